The number of hydrogen-bond acceptors (Lipinski definition) is 6. The average molecular weight is 435 g/mol. The summed E-state index contributed by atoms with van der Waals surface area (Å²) in [7, 11) is 0. The molecule has 1 aliphatic rings. The maximum atomic E-state index is 12.5. The van der Waals surface area contributed by atoms with Crippen LogP contribution in [0, 0.1) is 10.1 Å². The molecule has 0 aliphatic carbocycles. The van der Waals surface area contributed by atoms with Crippen LogP contribution in [0.15, 0.2) is 51.8 Å². The first-order valence-electron chi connectivity index (χ1n) is 7.32. The van der Waals surface area contributed by atoms with Gasteiger partial charge in [0.1, 0.15) is 5.75 Å². The second-order valence-electron chi connectivity index (χ2n) is 5.39. The van der Waals surface area contributed by atoms with Crippen LogP contribution in [0.2, 0.25) is 0 Å². The van der Waals surface area contributed by atoms with Gasteiger partial charge in [0.25, 0.3) is 16.8 Å². The topological polar surface area (TPSA) is 101 Å². The first-order chi connectivity index (χ1) is 12.3. The number of hydrogen-bond donors (Lipinski definition) is 1. The lowest BCUT2D eigenvalue weighted by molar-refractivity contribution is -0.384. The highest BCUT2D eigenvalue weighted by Crippen LogP contribution is 2.35. The molecule has 132 valence electrons. The predicted octanol–water partition coefficient (Wildman–Crippen LogP) is 4.30. The van der Waals surface area contributed by atoms with Gasteiger partial charge in [-0.1, -0.05) is 28.1 Å². The van der Waals surface area contributed by atoms with Gasteiger partial charge in [-0.3, -0.25) is 24.6 Å². The van der Waals surface area contributed by atoms with Gasteiger partial charge in [-0.05, 0) is 41.6 Å². The normalized spacial score (nSPS) is 15.7. The molecule has 0 aromatic heterocycles. The number of nitro groups is 1. The molecular formula is C17H11BrN2O5S. The molecule has 0 unspecified atom stereocenters. The summed E-state index contributed by atoms with van der Waals surface area (Å²) in [5, 5.41) is 20.1. The number of halogens is 1. The van der Waals surface area contributed by atoms with E-state index in [1.54, 1.807) is 12.1 Å². The number of non-ortho nitro benzene ring substituents is 1. The molecule has 2 aromatic rings. The van der Waals surface area contributed by atoms with E-state index < -0.39 is 16.1 Å². The molecule has 0 saturated carbocycles. The van der Waals surface area contributed by atoms with Crippen molar-refractivity contribution in [3.8, 4) is 5.75 Å². The summed E-state index contributed by atoms with van der Waals surface area (Å²) in [5.41, 5.74) is 0.956. The Morgan fingerprint density at radius 3 is 2.54 bits per heavy atom. The lowest BCUT2D eigenvalue weighted by Crippen LogP contribution is -2.27. The maximum Gasteiger partial charge on any atom is 0.293 e. The molecular weight excluding hydrogens is 424 g/mol. The average Bonchev–Trinajstić information content (AvgIpc) is 2.86. The predicted molar refractivity (Wildman–Crippen MR) is 100 cm³/mol. The fourth-order valence-corrected chi connectivity index (χ4v) is 3.53. The number of phenols is 1. The van der Waals surface area contributed by atoms with Crippen molar-refractivity contribution in [2.24, 2.45) is 0 Å². The molecule has 2 amide bonds. The van der Waals surface area contributed by atoms with Crippen molar-refractivity contribution >= 4 is 50.6 Å². The monoisotopic (exact) mass is 434 g/mol. The third kappa shape index (κ3) is 3.78. The van der Waals surface area contributed by atoms with E-state index in [1.165, 1.54) is 36.4 Å². The Morgan fingerprint density at radius 1 is 1.19 bits per heavy atom. The highest BCUT2D eigenvalue weighted by molar-refractivity contribution is 9.10. The number of thioether (sulfide) groups is 1. The Balaban J connectivity index is 1.81. The number of phenolic OH excluding ortho intramolecular Hbond substituents is 1. The highest BCUT2D eigenvalue weighted by atomic mass is 79.9. The number of imide groups is 1. The quantitative estimate of drug-likeness (QED) is 0.437. The number of carbonyl (C=O) groups excluding carboxylic acids is 2. The third-order valence-electron chi connectivity index (χ3n) is 3.64. The molecule has 1 heterocycles. The van der Waals surface area contributed by atoms with Gasteiger partial charge < -0.3 is 5.11 Å². The summed E-state index contributed by atoms with van der Waals surface area (Å²) in [6.07, 6.45) is 1.46. The Labute approximate surface area is 160 Å². The van der Waals surface area contributed by atoms with Gasteiger partial charge in [-0.2, -0.15) is 0 Å². The van der Waals surface area contributed by atoms with E-state index in [-0.39, 0.29) is 22.9 Å². The van der Waals surface area contributed by atoms with Crippen molar-refractivity contribution in [2.75, 3.05) is 0 Å². The highest BCUT2D eigenvalue weighted by Gasteiger charge is 2.35. The SMILES string of the molecule is O=C1S/C(=C\c2cc(Br)ccc2O)C(=O)N1Cc1ccc([N+](=O)[O-])cc1. The maximum absolute atomic E-state index is 12.5. The Bertz CT molecular complexity index is 943. The minimum Gasteiger partial charge on any atom is -0.507 e. The Kier molecular flexibility index (Phi) is 5.10. The molecule has 3 rings (SSSR count). The van der Waals surface area contributed by atoms with E-state index in [0.29, 0.717) is 11.1 Å². The number of carbonyl (C=O) groups is 2. The van der Waals surface area contributed by atoms with E-state index in [1.807, 2.05) is 0 Å². The van der Waals surface area contributed by atoms with Crippen LogP contribution in [0.3, 0.4) is 0 Å². The van der Waals surface area contributed by atoms with Gasteiger partial charge in [-0.15, -0.1) is 0 Å². The molecule has 1 saturated heterocycles. The molecule has 0 spiro atoms. The van der Waals surface area contributed by atoms with Gasteiger partial charge in [0.05, 0.1) is 16.4 Å². The number of nitrogens with zero attached hydrogens (tertiary/aromatic N) is 2. The van der Waals surface area contributed by atoms with E-state index >= 15 is 0 Å². The summed E-state index contributed by atoms with van der Waals surface area (Å²) < 4.78 is 0.728. The van der Waals surface area contributed by atoms with Crippen molar-refractivity contribution in [3.05, 3.63) is 73.1 Å². The third-order valence-corrected chi connectivity index (χ3v) is 5.04. The minimum atomic E-state index is -0.517. The van der Waals surface area contributed by atoms with Crippen LogP contribution >= 0.6 is 27.7 Å². The van der Waals surface area contributed by atoms with Gasteiger partial charge in [0.15, 0.2) is 0 Å². The number of rotatable bonds is 4. The van der Waals surface area contributed by atoms with Crippen molar-refractivity contribution in [2.45, 2.75) is 6.54 Å². The largest absolute Gasteiger partial charge is 0.507 e. The van der Waals surface area contributed by atoms with Crippen LogP contribution < -0.4 is 0 Å². The van der Waals surface area contributed by atoms with Crippen LogP contribution in [0.1, 0.15) is 11.1 Å². The van der Waals surface area contributed by atoms with Gasteiger partial charge in [-0.25, -0.2) is 0 Å². The van der Waals surface area contributed by atoms with Crippen LogP contribution in [0.5, 0.6) is 5.75 Å². The van der Waals surface area contributed by atoms with Gasteiger partial charge >= 0.3 is 0 Å². The number of amides is 2. The van der Waals surface area contributed by atoms with Crippen molar-refractivity contribution in [3.63, 3.8) is 0 Å². The second-order valence-corrected chi connectivity index (χ2v) is 7.30. The summed E-state index contributed by atoms with van der Waals surface area (Å²) in [6, 6.07) is 10.4. The fourth-order valence-electron chi connectivity index (χ4n) is 2.32. The summed E-state index contributed by atoms with van der Waals surface area (Å²) in [4.78, 5) is 36.1. The Morgan fingerprint density at radius 2 is 1.88 bits per heavy atom. The number of nitro benzene ring substituents is 1. The van der Waals surface area contributed by atoms with E-state index in [0.717, 1.165) is 21.1 Å². The molecule has 1 N–H and O–H groups in total. The van der Waals surface area contributed by atoms with Crippen molar-refractivity contribution < 1.29 is 19.6 Å². The lowest BCUT2D eigenvalue weighted by Gasteiger charge is -2.12. The van der Waals surface area contributed by atoms with Gasteiger partial charge in [0, 0.05) is 22.2 Å². The summed E-state index contributed by atoms with van der Waals surface area (Å²) >= 11 is 4.07. The Hall–Kier alpha value is -2.65. The molecule has 0 radical (unpaired) electrons. The van der Waals surface area contributed by atoms with E-state index in [2.05, 4.69) is 15.9 Å². The van der Waals surface area contributed by atoms with E-state index in [4.69, 9.17) is 0 Å². The molecule has 26 heavy (non-hydrogen) atoms. The smallest absolute Gasteiger partial charge is 0.293 e. The zero-order valence-electron chi connectivity index (χ0n) is 13.1. The van der Waals surface area contributed by atoms with Crippen LogP contribution in [-0.4, -0.2) is 26.1 Å². The molecule has 1 aliphatic heterocycles. The molecule has 0 bridgehead atoms. The van der Waals surface area contributed by atoms with Crippen LogP contribution in [0.25, 0.3) is 6.08 Å². The number of aromatic hydroxyl groups is 1. The summed E-state index contributed by atoms with van der Waals surface area (Å²) in [5.74, 6) is -0.479. The van der Waals surface area contributed by atoms with E-state index in [9.17, 15) is 24.8 Å². The zero-order chi connectivity index (χ0) is 18.8. The first-order valence-corrected chi connectivity index (χ1v) is 8.93. The first kappa shape index (κ1) is 18.2. The second kappa shape index (κ2) is 7.30. The molecule has 0 atom stereocenters. The molecule has 7 nitrogen and oxygen atoms in total. The summed E-state index contributed by atoms with van der Waals surface area (Å²) in [6.45, 7) is 0.0183. The van der Waals surface area contributed by atoms with Crippen molar-refractivity contribution in [1.29, 1.82) is 0 Å². The standard InChI is InChI=1S/C17H11BrN2O5S/c18-12-3-6-14(21)11(7-12)8-15-16(22)19(17(23)26-15)9-10-1-4-13(5-2-10)20(24)25/h1-8,21H,9H2/b15-8-. The minimum absolute atomic E-state index is 0.00429. The molecule has 1 fully saturated rings. The molecule has 2 aromatic carbocycles. The lowest BCUT2D eigenvalue weighted by atomic mass is 10.1. The van der Waals surface area contributed by atoms with Crippen LogP contribution in [-0.2, 0) is 11.3 Å². The van der Waals surface area contributed by atoms with Crippen LogP contribution in [0.4, 0.5) is 10.5 Å². The fraction of sp³-hybridized carbons (Fsp3) is 0.0588. The van der Waals surface area contributed by atoms with Gasteiger partial charge in [0.2, 0.25) is 0 Å². The molecule has 9 heteroatoms. The number of benzene rings is 2. The zero-order valence-corrected chi connectivity index (χ0v) is 15.5. The van der Waals surface area contributed by atoms with Crippen molar-refractivity contribution in [1.82, 2.24) is 4.90 Å².